The Hall–Kier alpha value is -4.78. The number of amides is 1. The number of para-hydroxylation sites is 2. The number of pyridine rings is 2. The van der Waals surface area contributed by atoms with Crippen molar-refractivity contribution < 1.29 is 27.4 Å². The van der Waals surface area contributed by atoms with Gasteiger partial charge in [0, 0.05) is 30.6 Å². The minimum atomic E-state index is -4.26. The zero-order valence-corrected chi connectivity index (χ0v) is 24.1. The Kier molecular flexibility index (Phi) is 8.48. The van der Waals surface area contributed by atoms with E-state index in [0.717, 1.165) is 0 Å². The van der Waals surface area contributed by atoms with Crippen LogP contribution in [0.1, 0.15) is 38.2 Å². The number of aromatic nitrogens is 4. The van der Waals surface area contributed by atoms with E-state index in [2.05, 4.69) is 30.0 Å². The number of hydrogen-bond acceptors (Lipinski definition) is 10. The van der Waals surface area contributed by atoms with Crippen LogP contribution in [0, 0.1) is 0 Å². The zero-order chi connectivity index (χ0) is 29.7. The Morgan fingerprint density at radius 1 is 1.02 bits per heavy atom. The molecule has 1 fully saturated rings. The molecule has 42 heavy (non-hydrogen) atoms. The lowest BCUT2D eigenvalue weighted by Crippen LogP contribution is -2.31. The van der Waals surface area contributed by atoms with E-state index < -0.39 is 10.0 Å². The third-order valence-corrected chi connectivity index (χ3v) is 7.78. The van der Waals surface area contributed by atoms with E-state index >= 15 is 0 Å². The summed E-state index contributed by atoms with van der Waals surface area (Å²) in [5.74, 6) is 0.350. The van der Waals surface area contributed by atoms with E-state index in [1.165, 1.54) is 13.3 Å². The molecular weight excluding hydrogens is 560 g/mol. The number of rotatable bonds is 11. The van der Waals surface area contributed by atoms with Crippen molar-refractivity contribution in [2.75, 3.05) is 18.4 Å². The van der Waals surface area contributed by atoms with E-state index in [-0.39, 0.29) is 58.5 Å². The Labute approximate surface area is 243 Å². The number of hydrogen-bond donors (Lipinski definition) is 2. The lowest BCUT2D eigenvalue weighted by atomic mass is 10.1. The van der Waals surface area contributed by atoms with Crippen molar-refractivity contribution in [2.45, 2.75) is 43.7 Å². The molecule has 1 atom stereocenters. The summed E-state index contributed by atoms with van der Waals surface area (Å²) in [6.45, 7) is 3.84. The second kappa shape index (κ2) is 12.4. The monoisotopic (exact) mass is 590 g/mol. The summed E-state index contributed by atoms with van der Waals surface area (Å²) in [6, 6.07) is 13.4. The molecule has 1 amide bonds. The molecule has 1 aliphatic rings. The number of nitrogens with one attached hydrogen (secondary N) is 2. The smallest absolute Gasteiger partial charge is 0.280 e. The molecule has 12 nitrogen and oxygen atoms in total. The summed E-state index contributed by atoms with van der Waals surface area (Å²) in [4.78, 5) is 29.2. The van der Waals surface area contributed by atoms with E-state index in [9.17, 15) is 13.2 Å². The summed E-state index contributed by atoms with van der Waals surface area (Å²) in [5, 5.41) is 2.72. The van der Waals surface area contributed by atoms with Gasteiger partial charge < -0.3 is 19.5 Å². The first-order valence-electron chi connectivity index (χ1n) is 13.3. The number of benzene rings is 1. The van der Waals surface area contributed by atoms with Crippen molar-refractivity contribution in [1.82, 2.24) is 25.3 Å². The predicted octanol–water partition coefficient (Wildman–Crippen LogP) is 4.32. The molecule has 4 heterocycles. The SMILES string of the molecule is COc1ccccc1Oc1c(NS(=O)(=O)c2ncccc2C(C)C)nc(-c2ccncc2)nc1OC[C@H]1CCC(=O)N1. The van der Waals surface area contributed by atoms with Crippen LogP contribution < -0.4 is 24.2 Å². The number of ether oxygens (including phenoxy) is 3. The standard InChI is InChI=1S/C29H30N6O6S/c1-18(2)21-7-6-14-31-29(21)42(37,38)35-27-25(41-23-9-5-4-8-22(23)39-3)28(40-17-20-10-11-24(36)32-20)34-26(33-27)19-12-15-30-16-13-19/h4-9,12-16,18,20H,10-11,17H2,1-3H3,(H,32,36)(H,33,34,35)/t20-/m1/s1. The number of carbonyl (C=O) groups excluding carboxylic acids is 1. The van der Waals surface area contributed by atoms with Gasteiger partial charge in [0.2, 0.25) is 11.7 Å². The highest BCUT2D eigenvalue weighted by Crippen LogP contribution is 2.42. The first kappa shape index (κ1) is 28.7. The molecule has 0 bridgehead atoms. The van der Waals surface area contributed by atoms with Crippen LogP contribution in [0.2, 0.25) is 0 Å². The van der Waals surface area contributed by atoms with Crippen LogP contribution in [0.25, 0.3) is 11.4 Å². The average molecular weight is 591 g/mol. The molecule has 13 heteroatoms. The second-order valence-electron chi connectivity index (χ2n) is 9.79. The van der Waals surface area contributed by atoms with Crippen LogP contribution in [0.5, 0.6) is 23.1 Å². The van der Waals surface area contributed by atoms with Crippen molar-refractivity contribution in [1.29, 1.82) is 0 Å². The molecule has 4 aromatic rings. The van der Waals surface area contributed by atoms with Crippen molar-refractivity contribution in [2.24, 2.45) is 0 Å². The van der Waals surface area contributed by atoms with Gasteiger partial charge in [0.1, 0.15) is 6.61 Å². The Bertz CT molecular complexity index is 1680. The van der Waals surface area contributed by atoms with Gasteiger partial charge in [-0.1, -0.05) is 32.0 Å². The van der Waals surface area contributed by atoms with Crippen LogP contribution in [0.4, 0.5) is 5.82 Å². The van der Waals surface area contributed by atoms with Crippen LogP contribution in [0.15, 0.2) is 72.1 Å². The second-order valence-corrected chi connectivity index (χ2v) is 11.4. The van der Waals surface area contributed by atoms with Gasteiger partial charge in [0.15, 0.2) is 28.2 Å². The highest BCUT2D eigenvalue weighted by molar-refractivity contribution is 7.92. The molecule has 0 unspecified atom stereocenters. The van der Waals surface area contributed by atoms with Gasteiger partial charge in [0.05, 0.1) is 13.2 Å². The molecular formula is C29H30N6O6S. The third kappa shape index (κ3) is 6.41. The van der Waals surface area contributed by atoms with Gasteiger partial charge in [-0.05, 0) is 48.2 Å². The highest BCUT2D eigenvalue weighted by Gasteiger charge is 2.29. The average Bonchev–Trinajstić information content (AvgIpc) is 3.42. The fourth-order valence-corrected chi connectivity index (χ4v) is 5.66. The fourth-order valence-electron chi connectivity index (χ4n) is 4.36. The van der Waals surface area contributed by atoms with Gasteiger partial charge >= 0.3 is 0 Å². The van der Waals surface area contributed by atoms with Gasteiger partial charge in [-0.15, -0.1) is 0 Å². The van der Waals surface area contributed by atoms with Crippen LogP contribution in [-0.2, 0) is 14.8 Å². The normalized spacial score (nSPS) is 14.9. The van der Waals surface area contributed by atoms with E-state index in [1.54, 1.807) is 60.9 Å². The lowest BCUT2D eigenvalue weighted by molar-refractivity contribution is -0.119. The van der Waals surface area contributed by atoms with Crippen LogP contribution in [-0.4, -0.2) is 54.0 Å². The number of sulfonamides is 1. The molecule has 218 valence electrons. The lowest BCUT2D eigenvalue weighted by Gasteiger charge is -2.20. The van der Waals surface area contributed by atoms with E-state index in [1.807, 2.05) is 13.8 Å². The highest BCUT2D eigenvalue weighted by atomic mass is 32.2. The molecule has 0 saturated carbocycles. The number of nitrogens with zero attached hydrogens (tertiary/aromatic N) is 4. The van der Waals surface area contributed by atoms with Gasteiger partial charge in [-0.3, -0.25) is 14.5 Å². The topological polar surface area (TPSA) is 155 Å². The Balaban J connectivity index is 1.65. The summed E-state index contributed by atoms with van der Waals surface area (Å²) in [6.07, 6.45) is 5.52. The predicted molar refractivity (Wildman–Crippen MR) is 154 cm³/mol. The van der Waals surface area contributed by atoms with Crippen LogP contribution in [0.3, 0.4) is 0 Å². The molecule has 2 N–H and O–H groups in total. The van der Waals surface area contributed by atoms with Gasteiger partial charge in [-0.25, -0.2) is 9.97 Å². The first-order valence-corrected chi connectivity index (χ1v) is 14.8. The molecule has 1 saturated heterocycles. The maximum atomic E-state index is 13.8. The number of carbonyl (C=O) groups is 1. The zero-order valence-electron chi connectivity index (χ0n) is 23.3. The molecule has 1 aliphatic heterocycles. The number of methoxy groups -OCH3 is 1. The van der Waals surface area contributed by atoms with Gasteiger partial charge in [0.25, 0.3) is 15.9 Å². The third-order valence-electron chi connectivity index (χ3n) is 6.47. The number of anilines is 1. The molecule has 5 rings (SSSR count). The van der Waals surface area contributed by atoms with Gasteiger partial charge in [-0.2, -0.15) is 13.4 Å². The summed E-state index contributed by atoms with van der Waals surface area (Å²) >= 11 is 0. The Morgan fingerprint density at radius 3 is 2.48 bits per heavy atom. The molecule has 0 spiro atoms. The quantitative estimate of drug-likeness (QED) is 0.258. The molecule has 0 radical (unpaired) electrons. The Morgan fingerprint density at radius 2 is 1.79 bits per heavy atom. The van der Waals surface area contributed by atoms with Crippen molar-refractivity contribution >= 4 is 21.7 Å². The maximum Gasteiger partial charge on any atom is 0.280 e. The summed E-state index contributed by atoms with van der Waals surface area (Å²) in [7, 11) is -2.77. The van der Waals surface area contributed by atoms with Crippen molar-refractivity contribution in [3.63, 3.8) is 0 Å². The van der Waals surface area contributed by atoms with Crippen molar-refractivity contribution in [3.8, 4) is 34.5 Å². The summed E-state index contributed by atoms with van der Waals surface area (Å²) < 4.78 is 48.0. The van der Waals surface area contributed by atoms with Crippen LogP contribution >= 0.6 is 0 Å². The minimum absolute atomic E-state index is 0.0355. The largest absolute Gasteiger partial charge is 0.493 e. The maximum absolute atomic E-state index is 13.8. The van der Waals surface area contributed by atoms with Crippen molar-refractivity contribution in [3.05, 3.63) is 72.7 Å². The molecule has 3 aromatic heterocycles. The van der Waals surface area contributed by atoms with E-state index in [0.29, 0.717) is 29.7 Å². The summed E-state index contributed by atoms with van der Waals surface area (Å²) in [5.41, 5.74) is 1.10. The fraction of sp³-hybridized carbons (Fsp3) is 0.276. The van der Waals surface area contributed by atoms with E-state index in [4.69, 9.17) is 14.2 Å². The molecule has 1 aromatic carbocycles. The first-order chi connectivity index (χ1) is 20.2. The minimum Gasteiger partial charge on any atom is -0.493 e. The molecule has 0 aliphatic carbocycles.